The van der Waals surface area contributed by atoms with Crippen molar-refractivity contribution in [3.63, 3.8) is 0 Å². The molecule has 2 aromatic rings. The van der Waals surface area contributed by atoms with E-state index in [1.165, 1.54) is 19.4 Å². The number of halogens is 1. The van der Waals surface area contributed by atoms with E-state index in [0.29, 0.717) is 11.7 Å². The van der Waals surface area contributed by atoms with Gasteiger partial charge in [-0.15, -0.1) is 0 Å². The highest BCUT2D eigenvalue weighted by Crippen LogP contribution is 2.13. The molecular formula is C14H12ClN3O4. The summed E-state index contributed by atoms with van der Waals surface area (Å²) in [6, 6.07) is 4.72. The Morgan fingerprint density at radius 1 is 1.27 bits per heavy atom. The molecule has 0 aliphatic carbocycles. The number of aryl methyl sites for hydroxylation is 1. The largest absolute Gasteiger partial charge is 0.481 e. The quantitative estimate of drug-likeness (QED) is 0.613. The fraction of sp³-hybridized carbons (Fsp3) is 0.214. The molecular weight excluding hydrogens is 310 g/mol. The van der Waals surface area contributed by atoms with Crippen molar-refractivity contribution >= 4 is 23.4 Å². The van der Waals surface area contributed by atoms with E-state index >= 15 is 0 Å². The highest BCUT2D eigenvalue weighted by Gasteiger charge is 2.17. The van der Waals surface area contributed by atoms with Crippen molar-refractivity contribution in [3.8, 4) is 5.88 Å². The number of hydrogen-bond donors (Lipinski definition) is 0. The Morgan fingerprint density at radius 2 is 2.05 bits per heavy atom. The molecule has 0 amide bonds. The number of ketones is 1. The summed E-state index contributed by atoms with van der Waals surface area (Å²) in [7, 11) is 1.44. The van der Waals surface area contributed by atoms with Crippen LogP contribution in [-0.4, -0.2) is 40.4 Å². The Bertz CT molecular complexity index is 721. The van der Waals surface area contributed by atoms with E-state index in [2.05, 4.69) is 15.0 Å². The van der Waals surface area contributed by atoms with Crippen LogP contribution >= 0.6 is 11.6 Å². The van der Waals surface area contributed by atoms with Crippen LogP contribution in [0.3, 0.4) is 0 Å². The highest BCUT2D eigenvalue weighted by atomic mass is 35.5. The predicted molar refractivity (Wildman–Crippen MR) is 77.2 cm³/mol. The standard InChI is InChI=1S/C14H12ClN3O4/c1-8-16-6-9(15)13(17-8)14(20)22-7-11(19)10-4-3-5-12(18-10)21-2/h3-6H,7H2,1-2H3. The van der Waals surface area contributed by atoms with E-state index in [4.69, 9.17) is 21.1 Å². The van der Waals surface area contributed by atoms with Crippen molar-refractivity contribution < 1.29 is 19.1 Å². The van der Waals surface area contributed by atoms with Crippen LogP contribution in [0.2, 0.25) is 5.02 Å². The minimum atomic E-state index is -0.799. The number of nitrogens with zero attached hydrogens (tertiary/aromatic N) is 3. The van der Waals surface area contributed by atoms with Crippen molar-refractivity contribution in [3.05, 3.63) is 46.6 Å². The average Bonchev–Trinajstić information content (AvgIpc) is 2.54. The number of carbonyl (C=O) groups excluding carboxylic acids is 2. The number of pyridine rings is 1. The molecule has 0 radical (unpaired) electrons. The molecule has 0 saturated carbocycles. The van der Waals surface area contributed by atoms with Gasteiger partial charge in [0.2, 0.25) is 11.7 Å². The van der Waals surface area contributed by atoms with Gasteiger partial charge in [0.05, 0.1) is 18.3 Å². The molecule has 2 aromatic heterocycles. The van der Waals surface area contributed by atoms with E-state index in [1.807, 2.05) is 0 Å². The Labute approximate surface area is 131 Å². The third-order valence-electron chi connectivity index (χ3n) is 2.61. The third kappa shape index (κ3) is 3.76. The van der Waals surface area contributed by atoms with Gasteiger partial charge in [0.15, 0.2) is 12.3 Å². The number of Topliss-reactive ketones (excluding diaryl/α,β-unsaturated/α-hetero) is 1. The number of esters is 1. The maximum Gasteiger partial charge on any atom is 0.359 e. The summed E-state index contributed by atoms with van der Waals surface area (Å²) < 4.78 is 9.83. The van der Waals surface area contributed by atoms with Crippen molar-refractivity contribution in [2.45, 2.75) is 6.92 Å². The lowest BCUT2D eigenvalue weighted by molar-refractivity contribution is 0.0467. The fourth-order valence-corrected chi connectivity index (χ4v) is 1.72. The molecule has 2 heterocycles. The second-order valence-corrected chi connectivity index (χ2v) is 4.59. The molecule has 22 heavy (non-hydrogen) atoms. The van der Waals surface area contributed by atoms with Crippen molar-refractivity contribution in [1.29, 1.82) is 0 Å². The number of rotatable bonds is 5. The summed E-state index contributed by atoms with van der Waals surface area (Å²) in [4.78, 5) is 35.5. The zero-order chi connectivity index (χ0) is 16.1. The van der Waals surface area contributed by atoms with Crippen LogP contribution in [0.15, 0.2) is 24.4 Å². The Morgan fingerprint density at radius 3 is 2.77 bits per heavy atom. The lowest BCUT2D eigenvalue weighted by atomic mass is 10.2. The second kappa shape index (κ2) is 6.95. The maximum absolute atomic E-state index is 11.9. The van der Waals surface area contributed by atoms with E-state index < -0.39 is 18.4 Å². The van der Waals surface area contributed by atoms with E-state index in [0.717, 1.165) is 0 Å². The van der Waals surface area contributed by atoms with Crippen molar-refractivity contribution in [1.82, 2.24) is 15.0 Å². The molecule has 0 spiro atoms. The fourth-order valence-electron chi connectivity index (χ4n) is 1.56. The normalized spacial score (nSPS) is 10.1. The molecule has 2 rings (SSSR count). The molecule has 0 aromatic carbocycles. The molecule has 0 atom stereocenters. The lowest BCUT2D eigenvalue weighted by Gasteiger charge is -2.06. The molecule has 0 unspecified atom stereocenters. The Kier molecular flexibility index (Phi) is 5.00. The van der Waals surface area contributed by atoms with Crippen LogP contribution in [0.4, 0.5) is 0 Å². The first-order chi connectivity index (χ1) is 10.5. The molecule has 0 N–H and O–H groups in total. The van der Waals surface area contributed by atoms with Gasteiger partial charge in [-0.25, -0.2) is 19.7 Å². The van der Waals surface area contributed by atoms with Gasteiger partial charge in [0.25, 0.3) is 0 Å². The molecule has 0 saturated heterocycles. The van der Waals surface area contributed by atoms with E-state index in [1.54, 1.807) is 19.1 Å². The Hall–Kier alpha value is -2.54. The maximum atomic E-state index is 11.9. The number of carbonyl (C=O) groups is 2. The molecule has 8 heteroatoms. The van der Waals surface area contributed by atoms with E-state index in [-0.39, 0.29) is 16.4 Å². The molecule has 114 valence electrons. The van der Waals surface area contributed by atoms with Gasteiger partial charge < -0.3 is 9.47 Å². The first kappa shape index (κ1) is 15.8. The zero-order valence-corrected chi connectivity index (χ0v) is 12.6. The third-order valence-corrected chi connectivity index (χ3v) is 2.89. The monoisotopic (exact) mass is 321 g/mol. The van der Waals surface area contributed by atoms with Crippen LogP contribution in [0.5, 0.6) is 5.88 Å². The number of methoxy groups -OCH3 is 1. The van der Waals surface area contributed by atoms with Crippen LogP contribution in [0.25, 0.3) is 0 Å². The summed E-state index contributed by atoms with van der Waals surface area (Å²) in [5.74, 6) is -0.593. The summed E-state index contributed by atoms with van der Waals surface area (Å²) in [5.41, 5.74) is 0.0534. The van der Waals surface area contributed by atoms with Crippen LogP contribution in [-0.2, 0) is 4.74 Å². The zero-order valence-electron chi connectivity index (χ0n) is 11.9. The van der Waals surface area contributed by atoms with Gasteiger partial charge in [-0.2, -0.15) is 0 Å². The smallest absolute Gasteiger partial charge is 0.359 e. The van der Waals surface area contributed by atoms with Gasteiger partial charge in [-0.1, -0.05) is 17.7 Å². The van der Waals surface area contributed by atoms with Crippen LogP contribution in [0, 0.1) is 6.92 Å². The first-order valence-electron chi connectivity index (χ1n) is 6.21. The predicted octanol–water partition coefficient (Wildman–Crippen LogP) is 1.88. The van der Waals surface area contributed by atoms with Gasteiger partial charge in [-0.3, -0.25) is 4.79 Å². The Balaban J connectivity index is 2.04. The molecule has 0 bridgehead atoms. The summed E-state index contributed by atoms with van der Waals surface area (Å²) >= 11 is 5.82. The summed E-state index contributed by atoms with van der Waals surface area (Å²) in [5, 5.41) is 0.0579. The minimum Gasteiger partial charge on any atom is -0.481 e. The summed E-state index contributed by atoms with van der Waals surface area (Å²) in [6.07, 6.45) is 1.30. The van der Waals surface area contributed by atoms with Crippen LogP contribution in [0.1, 0.15) is 26.8 Å². The van der Waals surface area contributed by atoms with Gasteiger partial charge >= 0.3 is 5.97 Å². The van der Waals surface area contributed by atoms with Crippen molar-refractivity contribution in [2.75, 3.05) is 13.7 Å². The van der Waals surface area contributed by atoms with E-state index in [9.17, 15) is 9.59 Å². The average molecular weight is 322 g/mol. The minimum absolute atomic E-state index is 0.0579. The second-order valence-electron chi connectivity index (χ2n) is 4.18. The number of hydrogen-bond acceptors (Lipinski definition) is 7. The number of ether oxygens (including phenoxy) is 2. The van der Waals surface area contributed by atoms with Crippen LogP contribution < -0.4 is 4.74 Å². The topological polar surface area (TPSA) is 91.3 Å². The first-order valence-corrected chi connectivity index (χ1v) is 6.59. The highest BCUT2D eigenvalue weighted by molar-refractivity contribution is 6.33. The van der Waals surface area contributed by atoms with Gasteiger partial charge in [-0.05, 0) is 13.0 Å². The molecule has 0 aliphatic rings. The molecule has 0 fully saturated rings. The number of aromatic nitrogens is 3. The lowest BCUT2D eigenvalue weighted by Crippen LogP contribution is -2.17. The SMILES string of the molecule is COc1cccc(C(=O)COC(=O)c2nc(C)ncc2Cl)n1. The van der Waals surface area contributed by atoms with Gasteiger partial charge in [0.1, 0.15) is 11.5 Å². The molecule has 7 nitrogen and oxygen atoms in total. The molecule has 0 aliphatic heterocycles. The summed E-state index contributed by atoms with van der Waals surface area (Å²) in [6.45, 7) is 1.14. The van der Waals surface area contributed by atoms with Gasteiger partial charge in [0, 0.05) is 6.07 Å². The van der Waals surface area contributed by atoms with Crippen molar-refractivity contribution in [2.24, 2.45) is 0 Å².